The number of amides is 2. The van der Waals surface area contributed by atoms with Crippen LogP contribution in [0.4, 0.5) is 5.69 Å². The Balaban J connectivity index is 1.54. The number of aliphatic carboxylic acids is 1. The van der Waals surface area contributed by atoms with Crippen molar-refractivity contribution in [2.24, 2.45) is 5.92 Å². The highest BCUT2D eigenvalue weighted by molar-refractivity contribution is 8.01. The molecule has 1 aliphatic heterocycles. The zero-order chi connectivity index (χ0) is 16.6. The largest absolute Gasteiger partial charge is 0.481 e. The van der Waals surface area contributed by atoms with Gasteiger partial charge in [0.15, 0.2) is 0 Å². The number of nitrogens with one attached hydrogen (secondary N) is 2. The van der Waals surface area contributed by atoms with Gasteiger partial charge in [0.1, 0.15) is 0 Å². The van der Waals surface area contributed by atoms with E-state index in [1.54, 1.807) is 12.1 Å². The molecule has 0 aromatic heterocycles. The summed E-state index contributed by atoms with van der Waals surface area (Å²) in [6, 6.07) is 5.13. The van der Waals surface area contributed by atoms with E-state index >= 15 is 0 Å². The first-order valence-electron chi connectivity index (χ1n) is 7.21. The molecule has 3 N–H and O–H groups in total. The van der Waals surface area contributed by atoms with E-state index in [2.05, 4.69) is 10.6 Å². The van der Waals surface area contributed by atoms with Crippen LogP contribution in [0.5, 0.6) is 0 Å². The lowest BCUT2D eigenvalue weighted by Crippen LogP contribution is -2.47. The van der Waals surface area contributed by atoms with Gasteiger partial charge in [0.25, 0.3) is 0 Å². The van der Waals surface area contributed by atoms with Gasteiger partial charge in [-0.15, -0.1) is 11.8 Å². The van der Waals surface area contributed by atoms with Crippen molar-refractivity contribution in [3.8, 4) is 0 Å². The second-order valence-electron chi connectivity index (χ2n) is 5.71. The van der Waals surface area contributed by atoms with Crippen LogP contribution in [0.25, 0.3) is 0 Å². The summed E-state index contributed by atoms with van der Waals surface area (Å²) >= 11 is 7.23. The predicted molar refractivity (Wildman–Crippen MR) is 86.6 cm³/mol. The number of benzene rings is 1. The monoisotopic (exact) mass is 354 g/mol. The maximum Gasteiger partial charge on any atom is 0.306 e. The minimum absolute atomic E-state index is 0.0623. The fourth-order valence-electron chi connectivity index (χ4n) is 2.65. The second-order valence-corrected chi connectivity index (χ2v) is 7.39. The van der Waals surface area contributed by atoms with E-state index < -0.39 is 11.2 Å². The topological polar surface area (TPSA) is 95.5 Å². The number of carboxylic acid groups (broad SMARTS) is 1. The Hall–Kier alpha value is -1.73. The number of carbonyl (C=O) groups is 3. The van der Waals surface area contributed by atoms with Gasteiger partial charge in [0.2, 0.25) is 11.8 Å². The van der Waals surface area contributed by atoms with Crippen molar-refractivity contribution in [3.05, 3.63) is 23.2 Å². The summed E-state index contributed by atoms with van der Waals surface area (Å²) in [6.07, 6.45) is 0.964. The molecule has 1 unspecified atom stereocenters. The standard InChI is InChI=1S/C15H15ClN2O4S/c16-8-1-2-11-10(5-8)18-14(20)12(23-11)6-13(19)17-9-3-7(4-9)15(21)22/h1-2,5,7,9,12H,3-4,6H2,(H,17,19)(H,18,20)(H,21,22). The van der Waals surface area contributed by atoms with E-state index in [1.807, 2.05) is 6.07 Å². The Morgan fingerprint density at radius 2 is 2.13 bits per heavy atom. The highest BCUT2D eigenvalue weighted by atomic mass is 35.5. The average molecular weight is 355 g/mol. The highest BCUT2D eigenvalue weighted by Gasteiger charge is 2.36. The molecule has 122 valence electrons. The molecule has 6 nitrogen and oxygen atoms in total. The van der Waals surface area contributed by atoms with Crippen LogP contribution >= 0.6 is 23.4 Å². The molecule has 23 heavy (non-hydrogen) atoms. The van der Waals surface area contributed by atoms with Crippen molar-refractivity contribution in [1.82, 2.24) is 5.32 Å². The molecule has 2 aliphatic rings. The molecule has 8 heteroatoms. The van der Waals surface area contributed by atoms with Gasteiger partial charge >= 0.3 is 5.97 Å². The number of hydrogen-bond acceptors (Lipinski definition) is 4. The third kappa shape index (κ3) is 3.61. The smallest absolute Gasteiger partial charge is 0.306 e. The summed E-state index contributed by atoms with van der Waals surface area (Å²) in [6.45, 7) is 0. The van der Waals surface area contributed by atoms with E-state index in [4.69, 9.17) is 16.7 Å². The van der Waals surface area contributed by atoms with Crippen molar-refractivity contribution >= 4 is 46.8 Å². The molecular weight excluding hydrogens is 340 g/mol. The molecular formula is C15H15ClN2O4S. The van der Waals surface area contributed by atoms with Crippen LogP contribution in [0.3, 0.4) is 0 Å². The molecule has 1 fully saturated rings. The summed E-state index contributed by atoms with van der Waals surface area (Å²) < 4.78 is 0. The third-order valence-electron chi connectivity index (χ3n) is 3.98. The van der Waals surface area contributed by atoms with Crippen LogP contribution in [0.15, 0.2) is 23.1 Å². The molecule has 1 heterocycles. The minimum atomic E-state index is -0.826. The molecule has 0 bridgehead atoms. The molecule has 1 atom stereocenters. The van der Waals surface area contributed by atoms with Crippen LogP contribution in [0, 0.1) is 5.92 Å². The zero-order valence-electron chi connectivity index (χ0n) is 12.0. The Bertz CT molecular complexity index is 675. The molecule has 2 amide bonds. The first kappa shape index (κ1) is 16.1. The van der Waals surface area contributed by atoms with Crippen molar-refractivity contribution < 1.29 is 19.5 Å². The van der Waals surface area contributed by atoms with Crippen molar-refractivity contribution in [3.63, 3.8) is 0 Å². The van der Waals surface area contributed by atoms with Gasteiger partial charge in [-0.2, -0.15) is 0 Å². The summed E-state index contributed by atoms with van der Waals surface area (Å²) in [5, 5.41) is 14.4. The Morgan fingerprint density at radius 3 is 2.83 bits per heavy atom. The van der Waals surface area contributed by atoms with Crippen LogP contribution in [0.1, 0.15) is 19.3 Å². The summed E-state index contributed by atoms with van der Waals surface area (Å²) in [7, 11) is 0. The fraction of sp³-hybridized carbons (Fsp3) is 0.400. The van der Waals surface area contributed by atoms with Crippen LogP contribution in [-0.4, -0.2) is 34.2 Å². The Kier molecular flexibility index (Phi) is 4.50. The van der Waals surface area contributed by atoms with Gasteiger partial charge in [-0.3, -0.25) is 14.4 Å². The minimum Gasteiger partial charge on any atom is -0.481 e. The maximum atomic E-state index is 12.1. The fourth-order valence-corrected chi connectivity index (χ4v) is 3.91. The lowest BCUT2D eigenvalue weighted by Gasteiger charge is -2.33. The number of anilines is 1. The summed E-state index contributed by atoms with van der Waals surface area (Å²) in [5.74, 6) is -1.65. The Morgan fingerprint density at radius 1 is 1.39 bits per heavy atom. The lowest BCUT2D eigenvalue weighted by atomic mass is 9.80. The first-order valence-corrected chi connectivity index (χ1v) is 8.47. The lowest BCUT2D eigenvalue weighted by molar-refractivity contribution is -0.146. The van der Waals surface area contributed by atoms with Crippen LogP contribution in [0.2, 0.25) is 5.02 Å². The second kappa shape index (κ2) is 6.41. The van der Waals surface area contributed by atoms with E-state index in [1.165, 1.54) is 11.8 Å². The van der Waals surface area contributed by atoms with Crippen LogP contribution in [-0.2, 0) is 14.4 Å². The van der Waals surface area contributed by atoms with E-state index in [0.717, 1.165) is 4.90 Å². The van der Waals surface area contributed by atoms with Crippen molar-refractivity contribution in [1.29, 1.82) is 0 Å². The number of thioether (sulfide) groups is 1. The molecule has 1 aliphatic carbocycles. The molecule has 1 aromatic carbocycles. The van der Waals surface area contributed by atoms with Crippen molar-refractivity contribution in [2.45, 2.75) is 35.4 Å². The maximum absolute atomic E-state index is 12.1. The first-order chi connectivity index (χ1) is 10.9. The Labute approximate surface area is 142 Å². The quantitative estimate of drug-likeness (QED) is 0.769. The van der Waals surface area contributed by atoms with E-state index in [9.17, 15) is 14.4 Å². The number of halogens is 1. The SMILES string of the molecule is O=C(CC1Sc2ccc(Cl)cc2NC1=O)NC1CC(C(=O)O)C1. The summed E-state index contributed by atoms with van der Waals surface area (Å²) in [5.41, 5.74) is 0.660. The number of rotatable bonds is 4. The molecule has 0 radical (unpaired) electrons. The molecule has 1 aromatic rings. The predicted octanol–water partition coefficient (Wildman–Crippen LogP) is 2.12. The van der Waals surface area contributed by atoms with E-state index in [0.29, 0.717) is 23.6 Å². The van der Waals surface area contributed by atoms with Gasteiger partial charge in [-0.05, 0) is 31.0 Å². The van der Waals surface area contributed by atoms with Crippen molar-refractivity contribution in [2.75, 3.05) is 5.32 Å². The molecule has 3 rings (SSSR count). The zero-order valence-corrected chi connectivity index (χ0v) is 13.6. The molecule has 0 spiro atoms. The molecule has 1 saturated carbocycles. The summed E-state index contributed by atoms with van der Waals surface area (Å²) in [4.78, 5) is 35.7. The van der Waals surface area contributed by atoms with E-state index in [-0.39, 0.29) is 30.2 Å². The number of carboxylic acids is 1. The number of fused-ring (bicyclic) bond motifs is 1. The van der Waals surface area contributed by atoms with Gasteiger partial charge in [0.05, 0.1) is 16.9 Å². The average Bonchev–Trinajstić information content (AvgIpc) is 2.43. The highest BCUT2D eigenvalue weighted by Crippen LogP contribution is 2.38. The molecule has 0 saturated heterocycles. The third-order valence-corrected chi connectivity index (χ3v) is 5.49. The van der Waals surface area contributed by atoms with Gasteiger partial charge in [0, 0.05) is 22.4 Å². The van der Waals surface area contributed by atoms with Crippen LogP contribution < -0.4 is 10.6 Å². The number of carbonyl (C=O) groups excluding carboxylic acids is 2. The van der Waals surface area contributed by atoms with Gasteiger partial charge in [-0.1, -0.05) is 11.6 Å². The number of hydrogen-bond donors (Lipinski definition) is 3. The van der Waals surface area contributed by atoms with Gasteiger partial charge in [-0.25, -0.2) is 0 Å². The van der Waals surface area contributed by atoms with Gasteiger partial charge < -0.3 is 15.7 Å². The normalized spacial score (nSPS) is 25.8.